The van der Waals surface area contributed by atoms with E-state index in [0.717, 1.165) is 127 Å². The molecule has 0 bridgehead atoms. The van der Waals surface area contributed by atoms with Gasteiger partial charge in [0.1, 0.15) is 5.75 Å². The summed E-state index contributed by atoms with van der Waals surface area (Å²) in [5, 5.41) is 20.1. The first kappa shape index (κ1) is 32.8. The lowest BCUT2D eigenvalue weighted by molar-refractivity contribution is -0.103. The molecule has 4 heterocycles. The van der Waals surface area contributed by atoms with E-state index in [0.29, 0.717) is 26.4 Å². The minimum absolute atomic E-state index is 0.423. The number of rotatable bonds is 11. The Bertz CT molecular complexity index is 1830. The number of aliphatic hydroxyl groups excluding tert-OH is 1. The summed E-state index contributed by atoms with van der Waals surface area (Å²) in [4.78, 5) is 2.45. The molecule has 3 aromatic carbocycles. The summed E-state index contributed by atoms with van der Waals surface area (Å²) in [5.74, 6) is 0.901. The van der Waals surface area contributed by atoms with Crippen molar-refractivity contribution in [3.8, 4) is 16.9 Å². The Balaban J connectivity index is 1.25. The van der Waals surface area contributed by atoms with Gasteiger partial charge in [-0.15, -0.1) is 0 Å². The largest absolute Gasteiger partial charge is 0.493 e. The number of para-hydroxylation sites is 1. The van der Waals surface area contributed by atoms with Crippen LogP contribution in [0, 0.1) is 6.92 Å². The number of aliphatic hydroxyl groups is 1. The van der Waals surface area contributed by atoms with Gasteiger partial charge in [0.2, 0.25) is 0 Å². The molecule has 1 atom stereocenters. The fourth-order valence-electron chi connectivity index (χ4n) is 7.45. The van der Waals surface area contributed by atoms with Gasteiger partial charge in [-0.25, -0.2) is 0 Å². The number of morpholine rings is 1. The number of nitrogens with zero attached hydrogens (tertiary/aromatic N) is 4. The highest BCUT2D eigenvalue weighted by Crippen LogP contribution is 2.40. The molecule has 0 spiro atoms. The molecule has 1 saturated heterocycles. The van der Waals surface area contributed by atoms with Crippen LogP contribution in [0.3, 0.4) is 0 Å². The van der Waals surface area contributed by atoms with Gasteiger partial charge < -0.3 is 28.6 Å². The molecule has 0 radical (unpaired) electrons. The van der Waals surface area contributed by atoms with Gasteiger partial charge in [0.25, 0.3) is 0 Å². The van der Waals surface area contributed by atoms with Crippen molar-refractivity contribution in [2.45, 2.75) is 65.5 Å². The fourth-order valence-corrected chi connectivity index (χ4v) is 7.45. The highest BCUT2D eigenvalue weighted by molar-refractivity contribution is 5.99. The van der Waals surface area contributed by atoms with E-state index in [9.17, 15) is 5.11 Å². The fraction of sp³-hybridized carbons (Fsp3) is 0.462. The average Bonchev–Trinajstić information content (AvgIpc) is 3.59. The summed E-state index contributed by atoms with van der Waals surface area (Å²) in [6.45, 7) is 12.2. The summed E-state index contributed by atoms with van der Waals surface area (Å²) in [5.41, 5.74) is 7.48. The molecular formula is C39H48N4O5. The SMILES string of the molecule is CCOC(O)c1c(CCCOc2cccc3ccccc23)c2cccc3c2n1CCCCOCc1nn(CCN2CCOCC2)c(C)c1-3. The Hall–Kier alpha value is -3.73. The topological polar surface area (TPSA) is 83.1 Å². The van der Waals surface area contributed by atoms with Gasteiger partial charge >= 0.3 is 0 Å². The molecule has 1 unspecified atom stereocenters. The lowest BCUT2D eigenvalue weighted by Gasteiger charge is -2.26. The third kappa shape index (κ3) is 6.75. The van der Waals surface area contributed by atoms with Gasteiger partial charge in [0, 0.05) is 67.0 Å². The van der Waals surface area contributed by atoms with E-state index in [2.05, 4.69) is 69.6 Å². The molecule has 2 aliphatic heterocycles. The monoisotopic (exact) mass is 652 g/mol. The van der Waals surface area contributed by atoms with Gasteiger partial charge in [-0.3, -0.25) is 9.58 Å². The van der Waals surface area contributed by atoms with Crippen molar-refractivity contribution in [2.24, 2.45) is 0 Å². The summed E-state index contributed by atoms with van der Waals surface area (Å²) in [6, 6.07) is 21.1. The van der Waals surface area contributed by atoms with Crippen LogP contribution in [0.5, 0.6) is 5.75 Å². The molecule has 9 nitrogen and oxygen atoms in total. The van der Waals surface area contributed by atoms with Crippen molar-refractivity contribution in [1.29, 1.82) is 0 Å². The van der Waals surface area contributed by atoms with Crippen molar-refractivity contribution in [1.82, 2.24) is 19.2 Å². The highest BCUT2D eigenvalue weighted by atomic mass is 16.6. The number of hydrogen-bond acceptors (Lipinski definition) is 7. The van der Waals surface area contributed by atoms with Crippen LogP contribution in [-0.4, -0.2) is 77.0 Å². The van der Waals surface area contributed by atoms with E-state index in [1.54, 1.807) is 0 Å². The van der Waals surface area contributed by atoms with Crippen LogP contribution < -0.4 is 4.74 Å². The van der Waals surface area contributed by atoms with Gasteiger partial charge in [-0.1, -0.05) is 54.6 Å². The third-order valence-electron chi connectivity index (χ3n) is 9.81. The minimum Gasteiger partial charge on any atom is -0.493 e. The predicted octanol–water partition coefficient (Wildman–Crippen LogP) is 6.65. The van der Waals surface area contributed by atoms with Crippen LogP contribution in [0.25, 0.3) is 32.8 Å². The number of fused-ring (bicyclic) bond motifs is 3. The highest BCUT2D eigenvalue weighted by Gasteiger charge is 2.28. The molecule has 1 fully saturated rings. The maximum atomic E-state index is 11.5. The van der Waals surface area contributed by atoms with Crippen LogP contribution in [0.2, 0.25) is 0 Å². The van der Waals surface area contributed by atoms with Crippen molar-refractivity contribution in [3.05, 3.63) is 83.3 Å². The molecule has 1 N–H and O–H groups in total. The number of ether oxygens (including phenoxy) is 4. The first-order valence-electron chi connectivity index (χ1n) is 17.6. The van der Waals surface area contributed by atoms with E-state index in [1.165, 1.54) is 5.39 Å². The maximum absolute atomic E-state index is 11.5. The lowest BCUT2D eigenvalue weighted by Crippen LogP contribution is -2.38. The molecule has 2 aromatic heterocycles. The van der Waals surface area contributed by atoms with Crippen molar-refractivity contribution in [2.75, 3.05) is 52.7 Å². The Morgan fingerprint density at radius 3 is 2.58 bits per heavy atom. The normalized spacial score (nSPS) is 16.6. The quantitative estimate of drug-likeness (QED) is 0.126. The summed E-state index contributed by atoms with van der Waals surface area (Å²) in [6.07, 6.45) is 2.39. The smallest absolute Gasteiger partial charge is 0.196 e. The molecule has 254 valence electrons. The number of hydrogen-bond donors (Lipinski definition) is 1. The van der Waals surface area contributed by atoms with Gasteiger partial charge in [0.05, 0.1) is 49.9 Å². The molecule has 0 saturated carbocycles. The zero-order chi connectivity index (χ0) is 32.9. The predicted molar refractivity (Wildman–Crippen MR) is 188 cm³/mol. The van der Waals surface area contributed by atoms with E-state index in [1.807, 2.05) is 19.1 Å². The van der Waals surface area contributed by atoms with Crippen molar-refractivity contribution in [3.63, 3.8) is 0 Å². The molecule has 0 aliphatic carbocycles. The zero-order valence-electron chi connectivity index (χ0n) is 28.3. The molecule has 9 heteroatoms. The van der Waals surface area contributed by atoms with Crippen molar-refractivity contribution < 1.29 is 24.1 Å². The Morgan fingerprint density at radius 1 is 0.896 bits per heavy atom. The molecule has 5 aromatic rings. The first-order valence-corrected chi connectivity index (χ1v) is 17.6. The molecular weight excluding hydrogens is 604 g/mol. The second kappa shape index (κ2) is 15.2. The Labute approximate surface area is 283 Å². The second-order valence-corrected chi connectivity index (χ2v) is 12.8. The number of aromatic nitrogens is 3. The van der Waals surface area contributed by atoms with Crippen LogP contribution in [0.1, 0.15) is 55.1 Å². The van der Waals surface area contributed by atoms with Gasteiger partial charge in [-0.2, -0.15) is 5.10 Å². The van der Waals surface area contributed by atoms with Crippen LogP contribution in [-0.2, 0) is 40.3 Å². The van der Waals surface area contributed by atoms with Crippen molar-refractivity contribution >= 4 is 21.7 Å². The van der Waals surface area contributed by atoms with E-state index < -0.39 is 6.29 Å². The Morgan fingerprint density at radius 2 is 1.71 bits per heavy atom. The number of benzene rings is 3. The lowest BCUT2D eigenvalue weighted by atomic mass is 9.98. The van der Waals surface area contributed by atoms with E-state index in [-0.39, 0.29) is 0 Å². The molecule has 48 heavy (non-hydrogen) atoms. The molecule has 2 aliphatic rings. The standard InChI is InChI=1S/C39H48N4O5/c1-3-47-39(44)38-32(16-10-24-48-35-17-8-12-29-11-4-5-13-30(29)35)31-14-9-15-33-36-28(2)43(20-19-41-21-25-45-26-22-41)40-34(36)27-46-23-7-6-18-42(38)37(31)33/h4-5,8-9,11-15,17,39,44H,3,6-7,10,16,18-27H2,1-2H3. The zero-order valence-corrected chi connectivity index (χ0v) is 28.3. The Kier molecular flexibility index (Phi) is 10.4. The van der Waals surface area contributed by atoms with Crippen LogP contribution in [0.15, 0.2) is 60.7 Å². The van der Waals surface area contributed by atoms with Crippen LogP contribution in [0.4, 0.5) is 0 Å². The second-order valence-electron chi connectivity index (χ2n) is 12.8. The summed E-state index contributed by atoms with van der Waals surface area (Å²) in [7, 11) is 0. The molecule has 7 rings (SSSR count). The average molecular weight is 653 g/mol. The minimum atomic E-state index is -1.03. The van der Waals surface area contributed by atoms with Gasteiger partial charge in [0.15, 0.2) is 6.29 Å². The van der Waals surface area contributed by atoms with Gasteiger partial charge in [-0.05, 0) is 56.5 Å². The maximum Gasteiger partial charge on any atom is 0.196 e. The van der Waals surface area contributed by atoms with E-state index >= 15 is 0 Å². The van der Waals surface area contributed by atoms with Crippen LogP contribution >= 0.6 is 0 Å². The summed E-state index contributed by atoms with van der Waals surface area (Å²) < 4.78 is 28.5. The summed E-state index contributed by atoms with van der Waals surface area (Å²) >= 11 is 0. The third-order valence-corrected chi connectivity index (χ3v) is 9.81. The first-order chi connectivity index (χ1) is 23.6. The number of aryl methyl sites for hydroxylation is 2. The van der Waals surface area contributed by atoms with E-state index in [4.69, 9.17) is 24.0 Å². The molecule has 0 amide bonds.